The highest BCUT2D eigenvalue weighted by Gasteiger charge is 2.30. The Balaban J connectivity index is 1.68. The van der Waals surface area contributed by atoms with E-state index < -0.39 is 29.4 Å². The van der Waals surface area contributed by atoms with Gasteiger partial charge in [0.05, 0.1) is 5.69 Å². The van der Waals surface area contributed by atoms with Crippen LogP contribution in [0.15, 0.2) is 63.3 Å². The Hall–Kier alpha value is -4.93. The van der Waals surface area contributed by atoms with Gasteiger partial charge in [-0.2, -0.15) is 0 Å². The van der Waals surface area contributed by atoms with Crippen molar-refractivity contribution < 1.29 is 28.7 Å². The van der Waals surface area contributed by atoms with E-state index in [2.05, 4.69) is 15.5 Å². The number of anilines is 4. The van der Waals surface area contributed by atoms with Crippen LogP contribution in [0.3, 0.4) is 0 Å². The van der Waals surface area contributed by atoms with Crippen molar-refractivity contribution in [1.82, 2.24) is 0 Å². The lowest BCUT2D eigenvalue weighted by molar-refractivity contribution is -0.120. The maximum Gasteiger partial charge on any atom is 0.409 e. The van der Waals surface area contributed by atoms with Crippen molar-refractivity contribution in [2.75, 3.05) is 33.5 Å². The van der Waals surface area contributed by atoms with Gasteiger partial charge in [-0.3, -0.25) is 19.7 Å². The second-order valence-electron chi connectivity index (χ2n) is 8.30. The summed E-state index contributed by atoms with van der Waals surface area (Å²) in [5.74, 6) is -1.99. The van der Waals surface area contributed by atoms with Gasteiger partial charge in [0.15, 0.2) is 0 Å². The maximum atomic E-state index is 13.0. The van der Waals surface area contributed by atoms with Crippen LogP contribution in [0.4, 0.5) is 27.5 Å². The summed E-state index contributed by atoms with van der Waals surface area (Å²) < 4.78 is 5.42. The molecule has 3 N–H and O–H groups in total. The number of nitrogens with one attached hydrogen (secondary N) is 2. The van der Waals surface area contributed by atoms with Gasteiger partial charge in [0.2, 0.25) is 0 Å². The molecule has 1 aliphatic rings. The van der Waals surface area contributed by atoms with Crippen molar-refractivity contribution in [3.8, 4) is 0 Å². The van der Waals surface area contributed by atoms with Gasteiger partial charge in [-0.15, -0.1) is 0 Å². The predicted molar refractivity (Wildman–Crippen MR) is 138 cm³/mol. The lowest BCUT2D eigenvalue weighted by Gasteiger charge is -2.21. The summed E-state index contributed by atoms with van der Waals surface area (Å²) in [4.78, 5) is 64.6. The molecular formula is C26H24N4O7. The molecular weight excluding hydrogens is 480 g/mol. The van der Waals surface area contributed by atoms with E-state index in [4.69, 9.17) is 9.52 Å². The van der Waals surface area contributed by atoms with Gasteiger partial charge in [0.25, 0.3) is 17.7 Å². The second kappa shape index (κ2) is 9.97. The quantitative estimate of drug-likeness (QED) is 0.325. The molecule has 0 unspecified atom stereocenters. The number of carbonyl (C=O) groups is 4. The molecule has 0 fully saturated rings. The first kappa shape index (κ1) is 25.2. The minimum atomic E-state index is -1.39. The molecule has 0 saturated carbocycles. The molecule has 3 aromatic rings. The molecule has 0 atom stereocenters. The predicted octanol–water partition coefficient (Wildman–Crippen LogP) is 3.80. The molecule has 0 bridgehead atoms. The molecule has 1 aromatic heterocycles. The van der Waals surface area contributed by atoms with E-state index >= 15 is 0 Å². The number of hydrogen-bond acceptors (Lipinski definition) is 7. The first-order valence-corrected chi connectivity index (χ1v) is 11.5. The van der Waals surface area contributed by atoms with Gasteiger partial charge in [0, 0.05) is 53.3 Å². The topological polar surface area (TPSA) is 149 Å². The number of hydrogen-bond donors (Lipinski definition) is 3. The van der Waals surface area contributed by atoms with Crippen molar-refractivity contribution in [1.29, 1.82) is 0 Å². The summed E-state index contributed by atoms with van der Waals surface area (Å²) >= 11 is 0. The Morgan fingerprint density at radius 1 is 0.973 bits per heavy atom. The van der Waals surface area contributed by atoms with Crippen LogP contribution >= 0.6 is 0 Å². The van der Waals surface area contributed by atoms with Crippen molar-refractivity contribution in [3.63, 3.8) is 0 Å². The fourth-order valence-corrected chi connectivity index (χ4v) is 4.08. The smallest absolute Gasteiger partial charge is 0.409 e. The number of amides is 4. The Bertz CT molecular complexity index is 1540. The van der Waals surface area contributed by atoms with E-state index in [9.17, 15) is 24.0 Å². The molecule has 2 aromatic carbocycles. The zero-order valence-electron chi connectivity index (χ0n) is 20.3. The minimum absolute atomic E-state index is 0.0000640. The first-order chi connectivity index (χ1) is 17.6. The normalized spacial score (nSPS) is 13.1. The molecule has 37 heavy (non-hydrogen) atoms. The summed E-state index contributed by atoms with van der Waals surface area (Å²) in [7, 11) is 0. The zero-order valence-corrected chi connectivity index (χ0v) is 20.3. The van der Waals surface area contributed by atoms with E-state index in [1.54, 1.807) is 12.1 Å². The van der Waals surface area contributed by atoms with Crippen molar-refractivity contribution in [3.05, 3.63) is 70.1 Å². The summed E-state index contributed by atoms with van der Waals surface area (Å²) in [6, 6.07) is 10.7. The van der Waals surface area contributed by atoms with Crippen molar-refractivity contribution in [2.24, 2.45) is 0 Å². The third kappa shape index (κ3) is 5.06. The summed E-state index contributed by atoms with van der Waals surface area (Å²) in [6.45, 7) is 7.05. The van der Waals surface area contributed by atoms with Crippen LogP contribution < -0.4 is 26.1 Å². The fraction of sp³-hybridized carbons (Fsp3) is 0.192. The number of imide groups is 1. The fourth-order valence-electron chi connectivity index (χ4n) is 4.08. The van der Waals surface area contributed by atoms with Crippen molar-refractivity contribution in [2.45, 2.75) is 20.8 Å². The van der Waals surface area contributed by atoms with Crippen LogP contribution in [0.25, 0.3) is 11.0 Å². The molecule has 0 saturated heterocycles. The molecule has 2 heterocycles. The second-order valence-corrected chi connectivity index (χ2v) is 8.30. The number of nitrogens with zero attached hydrogens (tertiary/aromatic N) is 2. The number of benzene rings is 2. The van der Waals surface area contributed by atoms with Crippen LogP contribution in [-0.4, -0.2) is 42.0 Å². The molecule has 11 nitrogen and oxygen atoms in total. The first-order valence-electron chi connectivity index (χ1n) is 11.5. The van der Waals surface area contributed by atoms with Crippen LogP contribution in [-0.2, 0) is 9.59 Å². The Kier molecular flexibility index (Phi) is 6.79. The summed E-state index contributed by atoms with van der Waals surface area (Å²) in [5.41, 5.74) is 0.383. The average Bonchev–Trinajstić information content (AvgIpc) is 3.09. The van der Waals surface area contributed by atoms with E-state index in [1.165, 1.54) is 31.2 Å². The van der Waals surface area contributed by atoms with Gasteiger partial charge in [-0.05, 0) is 57.2 Å². The molecule has 0 radical (unpaired) electrons. The van der Waals surface area contributed by atoms with Crippen LogP contribution in [0, 0.1) is 0 Å². The summed E-state index contributed by atoms with van der Waals surface area (Å²) in [6.07, 6.45) is -0.230. The SMILES string of the molecule is CCN(CC)c1ccc2cc(C(=O)Nc3cc(NC(=O)O)cc(N4C(=O)C=C(C)C4=O)c3)c(=O)oc2c1. The minimum Gasteiger partial charge on any atom is -0.465 e. The number of carbonyl (C=O) groups excluding carboxylic acids is 3. The monoisotopic (exact) mass is 504 g/mol. The Morgan fingerprint density at radius 2 is 1.65 bits per heavy atom. The van der Waals surface area contributed by atoms with E-state index in [0.717, 1.165) is 29.8 Å². The van der Waals surface area contributed by atoms with Crippen LogP contribution in [0.5, 0.6) is 0 Å². The zero-order chi connectivity index (χ0) is 26.9. The third-order valence-electron chi connectivity index (χ3n) is 5.88. The highest BCUT2D eigenvalue weighted by Crippen LogP contribution is 2.30. The Labute approximate surface area is 211 Å². The number of rotatable bonds is 7. The van der Waals surface area contributed by atoms with E-state index in [1.807, 2.05) is 19.9 Å². The lowest BCUT2D eigenvalue weighted by atomic mass is 10.1. The van der Waals surface area contributed by atoms with Crippen molar-refractivity contribution >= 4 is 57.5 Å². The van der Waals surface area contributed by atoms with Gasteiger partial charge in [-0.25, -0.2) is 14.5 Å². The van der Waals surface area contributed by atoms with Crippen LogP contribution in [0.2, 0.25) is 0 Å². The van der Waals surface area contributed by atoms with E-state index in [-0.39, 0.29) is 28.2 Å². The molecule has 0 spiro atoms. The largest absolute Gasteiger partial charge is 0.465 e. The molecule has 11 heteroatoms. The lowest BCUT2D eigenvalue weighted by Crippen LogP contribution is -2.30. The highest BCUT2D eigenvalue weighted by atomic mass is 16.4. The standard InChI is InChI=1S/C26H24N4O7/c1-4-29(5-2)18-7-6-15-9-20(25(34)37-21(15)13-18)23(32)27-16-10-17(28-26(35)36)12-19(11-16)30-22(31)8-14(3)24(30)33/h6-13,28H,4-5H2,1-3H3,(H,27,32)(H,35,36). The summed E-state index contributed by atoms with van der Waals surface area (Å²) in [5, 5.41) is 14.3. The van der Waals surface area contributed by atoms with Crippen LogP contribution in [0.1, 0.15) is 31.1 Å². The molecule has 1 aliphatic heterocycles. The van der Waals surface area contributed by atoms with Gasteiger partial charge in [0.1, 0.15) is 11.1 Å². The molecule has 4 amide bonds. The van der Waals surface area contributed by atoms with Gasteiger partial charge in [-0.1, -0.05) is 0 Å². The maximum absolute atomic E-state index is 13.0. The average molecular weight is 504 g/mol. The Morgan fingerprint density at radius 3 is 2.24 bits per heavy atom. The number of carboxylic acid groups (broad SMARTS) is 1. The van der Waals surface area contributed by atoms with Gasteiger partial charge >= 0.3 is 11.7 Å². The molecule has 4 rings (SSSR count). The third-order valence-corrected chi connectivity index (χ3v) is 5.88. The molecule has 0 aliphatic carbocycles. The highest BCUT2D eigenvalue weighted by molar-refractivity contribution is 6.30. The van der Waals surface area contributed by atoms with Gasteiger partial charge < -0.3 is 19.7 Å². The number of fused-ring (bicyclic) bond motifs is 1. The van der Waals surface area contributed by atoms with E-state index in [0.29, 0.717) is 11.0 Å². The molecule has 190 valence electrons.